The molecule has 4 N–H and O–H groups in total. The summed E-state index contributed by atoms with van der Waals surface area (Å²) >= 11 is 0. The molecule has 1 aliphatic heterocycles. The summed E-state index contributed by atoms with van der Waals surface area (Å²) in [5.74, 6) is -1.43. The summed E-state index contributed by atoms with van der Waals surface area (Å²) in [7, 11) is 1.24. The van der Waals surface area contributed by atoms with Crippen molar-refractivity contribution in [1.82, 2.24) is 9.88 Å². The summed E-state index contributed by atoms with van der Waals surface area (Å²) in [6.45, 7) is 0. The Morgan fingerprint density at radius 1 is 1.17 bits per heavy atom. The molecule has 0 fully saturated rings. The number of pyridine rings is 1. The van der Waals surface area contributed by atoms with E-state index >= 15 is 0 Å². The molecule has 1 aromatic carbocycles. The van der Waals surface area contributed by atoms with E-state index in [0.29, 0.717) is 11.4 Å². The van der Waals surface area contributed by atoms with Gasteiger partial charge in [-0.15, -0.1) is 0 Å². The molecule has 9 nitrogen and oxygen atoms in total. The van der Waals surface area contributed by atoms with Crippen LogP contribution in [0.25, 0.3) is 5.69 Å². The first-order chi connectivity index (χ1) is 11.4. The molecule has 3 rings (SSSR count). The summed E-state index contributed by atoms with van der Waals surface area (Å²) in [5, 5.41) is 4.56. The molecule has 9 heteroatoms. The van der Waals surface area contributed by atoms with Gasteiger partial charge in [0.2, 0.25) is 0 Å². The minimum atomic E-state index is -0.649. The number of hydrogen-bond acceptors (Lipinski definition) is 6. The highest BCUT2D eigenvalue weighted by Crippen LogP contribution is 2.23. The lowest BCUT2D eigenvalue weighted by Gasteiger charge is -2.12. The zero-order chi connectivity index (χ0) is 17.4. The molecule has 2 heterocycles. The van der Waals surface area contributed by atoms with E-state index in [0.717, 1.165) is 10.6 Å². The van der Waals surface area contributed by atoms with Crippen molar-refractivity contribution in [2.45, 2.75) is 0 Å². The van der Waals surface area contributed by atoms with Crippen LogP contribution in [0.2, 0.25) is 0 Å². The topological polar surface area (TPSA) is 133 Å². The number of carbonyl (C=O) groups excluding carboxylic acids is 3. The highest BCUT2D eigenvalue weighted by atomic mass is 16.5. The van der Waals surface area contributed by atoms with Gasteiger partial charge in [0.1, 0.15) is 5.82 Å². The second kappa shape index (κ2) is 5.54. The number of nitrogen functional groups attached to an aromatic ring is 1. The third-order valence-electron chi connectivity index (χ3n) is 3.51. The van der Waals surface area contributed by atoms with Crippen molar-refractivity contribution in [3.05, 3.63) is 51.8 Å². The first kappa shape index (κ1) is 15.3. The van der Waals surface area contributed by atoms with E-state index in [1.165, 1.54) is 31.4 Å². The number of carbonyl (C=O) groups is 3. The standard InChI is InChI=1S/C15H12N4O5/c1-24-15(23)17-7-2-4-8(5-3-7)19-10(20)6-9-11(12(19)16)14(22)18-13(9)21/h2-6H,16H2,1H3,(H,17,23)(H,18,21,22). The Morgan fingerprint density at radius 2 is 1.83 bits per heavy atom. The van der Waals surface area contributed by atoms with Crippen LogP contribution in [0.15, 0.2) is 35.1 Å². The van der Waals surface area contributed by atoms with Crippen LogP contribution >= 0.6 is 0 Å². The predicted octanol–water partition coefficient (Wildman–Crippen LogP) is 0.482. The molecule has 24 heavy (non-hydrogen) atoms. The molecule has 0 saturated heterocycles. The Labute approximate surface area is 135 Å². The number of nitrogens with one attached hydrogen (secondary N) is 2. The summed E-state index contributed by atoms with van der Waals surface area (Å²) in [4.78, 5) is 46.8. The number of nitrogens with two attached hydrogens (primary N) is 1. The first-order valence-corrected chi connectivity index (χ1v) is 6.79. The van der Waals surface area contributed by atoms with Crippen molar-refractivity contribution >= 4 is 29.4 Å². The summed E-state index contributed by atoms with van der Waals surface area (Å²) < 4.78 is 5.59. The number of amides is 3. The molecule has 3 amide bonds. The van der Waals surface area contributed by atoms with Crippen molar-refractivity contribution < 1.29 is 19.1 Å². The van der Waals surface area contributed by atoms with E-state index in [4.69, 9.17) is 5.73 Å². The number of rotatable bonds is 2. The number of imide groups is 1. The Kier molecular flexibility index (Phi) is 3.53. The van der Waals surface area contributed by atoms with Gasteiger partial charge >= 0.3 is 6.09 Å². The summed E-state index contributed by atoms with van der Waals surface area (Å²) in [6.07, 6.45) is -0.632. The van der Waals surface area contributed by atoms with Gasteiger partial charge in [0.25, 0.3) is 17.4 Å². The third-order valence-corrected chi connectivity index (χ3v) is 3.51. The Morgan fingerprint density at radius 3 is 2.46 bits per heavy atom. The highest BCUT2D eigenvalue weighted by Gasteiger charge is 2.31. The summed E-state index contributed by atoms with van der Waals surface area (Å²) in [5.41, 5.74) is 6.13. The number of hydrogen-bond donors (Lipinski definition) is 3. The average Bonchev–Trinajstić information content (AvgIpc) is 2.83. The molecule has 1 aliphatic rings. The number of aromatic nitrogens is 1. The van der Waals surface area contributed by atoms with Crippen molar-refractivity contribution in [3.8, 4) is 5.69 Å². The fraction of sp³-hybridized carbons (Fsp3) is 0.0667. The molecule has 1 aromatic heterocycles. The van der Waals surface area contributed by atoms with Crippen LogP contribution in [-0.2, 0) is 4.74 Å². The molecule has 0 unspecified atom stereocenters. The van der Waals surface area contributed by atoms with Gasteiger partial charge in [-0.05, 0) is 24.3 Å². The maximum Gasteiger partial charge on any atom is 0.411 e. The number of nitrogens with zero attached hydrogens (tertiary/aromatic N) is 1. The van der Waals surface area contributed by atoms with Gasteiger partial charge in [0.05, 0.1) is 23.9 Å². The maximum absolute atomic E-state index is 12.3. The van der Waals surface area contributed by atoms with Crippen molar-refractivity contribution in [1.29, 1.82) is 0 Å². The maximum atomic E-state index is 12.3. The zero-order valence-corrected chi connectivity index (χ0v) is 12.5. The fourth-order valence-electron chi connectivity index (χ4n) is 2.41. The van der Waals surface area contributed by atoms with Crippen LogP contribution in [0.4, 0.5) is 16.3 Å². The molecule has 0 atom stereocenters. The van der Waals surface area contributed by atoms with Crippen molar-refractivity contribution in [2.75, 3.05) is 18.2 Å². The quantitative estimate of drug-likeness (QED) is 0.687. The molecule has 0 radical (unpaired) electrons. The minimum Gasteiger partial charge on any atom is -0.453 e. The van der Waals surface area contributed by atoms with Gasteiger partial charge in [0, 0.05) is 11.8 Å². The number of benzene rings is 1. The third kappa shape index (κ3) is 2.37. The van der Waals surface area contributed by atoms with Crippen LogP contribution in [0.3, 0.4) is 0 Å². The number of ether oxygens (including phenoxy) is 1. The van der Waals surface area contributed by atoms with E-state index in [9.17, 15) is 19.2 Å². The summed E-state index contributed by atoms with van der Waals surface area (Å²) in [6, 6.07) is 7.20. The number of fused-ring (bicyclic) bond motifs is 1. The molecule has 0 bridgehead atoms. The normalized spacial score (nSPS) is 12.5. The van der Waals surface area contributed by atoms with E-state index in [1.807, 2.05) is 0 Å². The zero-order valence-electron chi connectivity index (χ0n) is 12.5. The van der Waals surface area contributed by atoms with Gasteiger partial charge in [0.15, 0.2) is 0 Å². The SMILES string of the molecule is COC(=O)Nc1ccc(-n2c(N)c3c(cc2=O)C(=O)NC3=O)cc1. The Balaban J connectivity index is 2.06. The average molecular weight is 328 g/mol. The van der Waals surface area contributed by atoms with Gasteiger partial charge in [-0.25, -0.2) is 4.79 Å². The lowest BCUT2D eigenvalue weighted by Crippen LogP contribution is -2.24. The van der Waals surface area contributed by atoms with E-state index in [-0.39, 0.29) is 16.9 Å². The molecule has 122 valence electrons. The lowest BCUT2D eigenvalue weighted by atomic mass is 10.1. The van der Waals surface area contributed by atoms with Crippen LogP contribution < -0.4 is 21.9 Å². The first-order valence-electron chi connectivity index (χ1n) is 6.79. The van der Waals surface area contributed by atoms with Gasteiger partial charge < -0.3 is 10.5 Å². The molecule has 2 aromatic rings. The highest BCUT2D eigenvalue weighted by molar-refractivity contribution is 6.23. The van der Waals surface area contributed by atoms with Gasteiger partial charge in [-0.2, -0.15) is 0 Å². The van der Waals surface area contributed by atoms with E-state index in [2.05, 4.69) is 15.4 Å². The Bertz CT molecular complexity index is 930. The molecule has 0 aliphatic carbocycles. The molecular weight excluding hydrogens is 316 g/mol. The van der Waals surface area contributed by atoms with Crippen molar-refractivity contribution in [2.24, 2.45) is 0 Å². The van der Waals surface area contributed by atoms with E-state index < -0.39 is 23.5 Å². The minimum absolute atomic E-state index is 0.0311. The van der Waals surface area contributed by atoms with Crippen LogP contribution in [0, 0.1) is 0 Å². The lowest BCUT2D eigenvalue weighted by molar-refractivity contribution is 0.0879. The monoisotopic (exact) mass is 328 g/mol. The molecule has 0 saturated carbocycles. The number of methoxy groups -OCH3 is 1. The Hall–Kier alpha value is -3.62. The molecule has 0 spiro atoms. The predicted molar refractivity (Wildman–Crippen MR) is 84.3 cm³/mol. The van der Waals surface area contributed by atoms with Crippen LogP contribution in [0.5, 0.6) is 0 Å². The second-order valence-corrected chi connectivity index (χ2v) is 4.94. The van der Waals surface area contributed by atoms with Gasteiger partial charge in [-0.3, -0.25) is 29.6 Å². The van der Waals surface area contributed by atoms with E-state index in [1.54, 1.807) is 0 Å². The van der Waals surface area contributed by atoms with Crippen molar-refractivity contribution in [3.63, 3.8) is 0 Å². The second-order valence-electron chi connectivity index (χ2n) is 4.94. The largest absolute Gasteiger partial charge is 0.453 e. The fourth-order valence-corrected chi connectivity index (χ4v) is 2.41. The van der Waals surface area contributed by atoms with Crippen LogP contribution in [-0.4, -0.2) is 29.6 Å². The molecular formula is C15H12N4O5. The smallest absolute Gasteiger partial charge is 0.411 e. The van der Waals surface area contributed by atoms with Crippen LogP contribution in [0.1, 0.15) is 20.7 Å². The van der Waals surface area contributed by atoms with Gasteiger partial charge in [-0.1, -0.05) is 0 Å². The number of anilines is 2.